The van der Waals surface area contributed by atoms with E-state index in [0.29, 0.717) is 38.5 Å². The van der Waals surface area contributed by atoms with E-state index in [1.807, 2.05) is 13.8 Å². The lowest BCUT2D eigenvalue weighted by molar-refractivity contribution is -0.458. The van der Waals surface area contributed by atoms with E-state index >= 15 is 9.59 Å². The van der Waals surface area contributed by atoms with Gasteiger partial charge in [0.2, 0.25) is 5.79 Å². The van der Waals surface area contributed by atoms with Crippen molar-refractivity contribution in [3.63, 3.8) is 0 Å². The summed E-state index contributed by atoms with van der Waals surface area (Å²) in [6, 6.07) is 0. The van der Waals surface area contributed by atoms with Gasteiger partial charge in [-0.2, -0.15) is 0 Å². The van der Waals surface area contributed by atoms with Crippen LogP contribution in [0.2, 0.25) is 0 Å². The third-order valence-corrected chi connectivity index (χ3v) is 19.5. The predicted octanol–water partition coefficient (Wildman–Crippen LogP) is 1.24. The quantitative estimate of drug-likeness (QED) is 0.154. The Morgan fingerprint density at radius 1 is 0.712 bits per heavy atom. The van der Waals surface area contributed by atoms with Crippen LogP contribution in [0.3, 0.4) is 0 Å². The van der Waals surface area contributed by atoms with Crippen molar-refractivity contribution in [1.29, 1.82) is 0 Å². The minimum Gasteiger partial charge on any atom is -0.461 e. The molecule has 52 heavy (non-hydrogen) atoms. The maximum Gasteiger partial charge on any atom is 0.320 e. The van der Waals surface area contributed by atoms with E-state index < -0.39 is 139 Å². The highest BCUT2D eigenvalue weighted by molar-refractivity contribution is 6.14. The molecule has 8 saturated carbocycles. The molecule has 4 saturated heterocycles. The van der Waals surface area contributed by atoms with E-state index in [1.165, 1.54) is 0 Å². The molecule has 4 aliphatic heterocycles. The number of carbonyl (C=O) groups is 3. The van der Waals surface area contributed by atoms with Gasteiger partial charge in [-0.25, -0.2) is 0 Å². The minimum absolute atomic E-state index is 0.0367. The summed E-state index contributed by atoms with van der Waals surface area (Å²) < 4.78 is 18.5. The van der Waals surface area contributed by atoms with Crippen molar-refractivity contribution in [2.75, 3.05) is 13.2 Å². The molecule has 0 amide bonds. The number of aliphatic hydroxyl groups is 6. The number of hydrogen-bond acceptors (Lipinski definition) is 12. The summed E-state index contributed by atoms with van der Waals surface area (Å²) in [5, 5.41) is 73.3. The molecule has 12 fully saturated rings. The normalized spacial score (nSPS) is 64.0. The molecule has 286 valence electrons. The number of ether oxygens (including phenoxy) is 3. The van der Waals surface area contributed by atoms with E-state index in [0.717, 1.165) is 0 Å². The van der Waals surface area contributed by atoms with Crippen LogP contribution in [0.1, 0.15) is 91.9 Å². The Balaban J connectivity index is 1.08. The zero-order chi connectivity index (χ0) is 36.8. The molecule has 19 atom stereocenters. The molecule has 8 aliphatic carbocycles. The van der Waals surface area contributed by atoms with Gasteiger partial charge in [-0.05, 0) is 92.8 Å². The average Bonchev–Trinajstić information content (AvgIpc) is 3.56. The molecule has 12 heteroatoms. The summed E-state index contributed by atoms with van der Waals surface area (Å²) in [7, 11) is 0. The zero-order valence-corrected chi connectivity index (χ0v) is 30.5. The molecular weight excluding hydrogens is 672 g/mol. The summed E-state index contributed by atoms with van der Waals surface area (Å²) in [6.45, 7) is 8.12. The molecule has 12 nitrogen and oxygen atoms in total. The van der Waals surface area contributed by atoms with Crippen molar-refractivity contribution in [2.45, 2.75) is 135 Å². The molecule has 12 rings (SSSR count). The Hall–Kier alpha value is -1.51. The van der Waals surface area contributed by atoms with Gasteiger partial charge in [0.1, 0.15) is 23.0 Å². The lowest BCUT2D eigenvalue weighted by Gasteiger charge is -2.74. The fourth-order valence-electron chi connectivity index (χ4n) is 18.1. The molecule has 12 aliphatic rings. The van der Waals surface area contributed by atoms with Gasteiger partial charge in [0, 0.05) is 39.4 Å². The lowest BCUT2D eigenvalue weighted by Crippen LogP contribution is -2.85. The first-order valence-electron chi connectivity index (χ1n) is 20.0. The highest BCUT2D eigenvalue weighted by Gasteiger charge is 2.95. The highest BCUT2D eigenvalue weighted by atomic mass is 16.6. The fourth-order valence-corrected chi connectivity index (χ4v) is 18.1. The van der Waals surface area contributed by atoms with Gasteiger partial charge in [0.25, 0.3) is 0 Å². The second-order valence-electron chi connectivity index (χ2n) is 21.1. The van der Waals surface area contributed by atoms with E-state index in [-0.39, 0.29) is 38.9 Å². The van der Waals surface area contributed by atoms with Crippen LogP contribution in [0.25, 0.3) is 0 Å². The third kappa shape index (κ3) is 2.83. The van der Waals surface area contributed by atoms with E-state index in [1.54, 1.807) is 0 Å². The second kappa shape index (κ2) is 9.20. The first-order valence-corrected chi connectivity index (χ1v) is 20.0. The number of esters is 1. The van der Waals surface area contributed by atoms with Gasteiger partial charge in [-0.1, -0.05) is 27.7 Å². The Morgan fingerprint density at radius 2 is 1.40 bits per heavy atom. The number of Topliss-reactive ketones (excluding diaryl/α,β-unsaturated/α-hetero) is 2. The van der Waals surface area contributed by atoms with Crippen molar-refractivity contribution < 1.29 is 59.2 Å². The van der Waals surface area contributed by atoms with Crippen molar-refractivity contribution in [3.8, 4) is 0 Å². The number of hydrogen-bond donors (Lipinski definition) is 6. The minimum atomic E-state index is -2.45. The Morgan fingerprint density at radius 3 is 2.12 bits per heavy atom. The number of carbonyl (C=O) groups excluding carboxylic acids is 3. The molecule has 4 heterocycles. The first-order chi connectivity index (χ1) is 24.3. The molecular formula is C40H54O12. The summed E-state index contributed by atoms with van der Waals surface area (Å²) in [5.41, 5.74) is -9.68. The van der Waals surface area contributed by atoms with Crippen molar-refractivity contribution in [1.82, 2.24) is 0 Å². The van der Waals surface area contributed by atoms with Crippen LogP contribution >= 0.6 is 0 Å². The lowest BCUT2D eigenvalue weighted by atomic mass is 9.35. The topological polar surface area (TPSA) is 200 Å². The molecule has 6 bridgehead atoms. The summed E-state index contributed by atoms with van der Waals surface area (Å²) in [5.74, 6) is -8.03. The Labute approximate surface area is 302 Å². The van der Waals surface area contributed by atoms with Crippen LogP contribution in [0, 0.1) is 78.8 Å². The van der Waals surface area contributed by atoms with Gasteiger partial charge in [0.05, 0.1) is 31.5 Å². The van der Waals surface area contributed by atoms with Crippen LogP contribution in [-0.4, -0.2) is 104 Å². The maximum atomic E-state index is 16.0. The SMILES string of the molecule is CC1(C)CC[C@H](O)[C@]23CO[C@](O)([C@@H](O)[C@H]12)[C@]12C(=O)[C@]4(CC[C@]45C(=O)[C@]46C[C@H]5C[C@H](O)[C@H]4[C@@]45CO[C@@H](O)[C@@H]4C(C)(C)CC[C@@H]5OC6=O)[C@H](CC[C@@H]31)[C@H]2O. The maximum absolute atomic E-state index is 16.0. The monoisotopic (exact) mass is 726 g/mol. The summed E-state index contributed by atoms with van der Waals surface area (Å²) in [6.07, 6.45) is -3.05. The second-order valence-corrected chi connectivity index (χ2v) is 21.1. The van der Waals surface area contributed by atoms with Gasteiger partial charge < -0.3 is 44.8 Å². The summed E-state index contributed by atoms with van der Waals surface area (Å²) in [4.78, 5) is 46.5. The van der Waals surface area contributed by atoms with Crippen LogP contribution in [0.15, 0.2) is 0 Å². The molecule has 0 aromatic carbocycles. The van der Waals surface area contributed by atoms with Gasteiger partial charge in [-0.3, -0.25) is 14.4 Å². The smallest absolute Gasteiger partial charge is 0.320 e. The van der Waals surface area contributed by atoms with Crippen LogP contribution < -0.4 is 0 Å². The van der Waals surface area contributed by atoms with E-state index in [2.05, 4.69) is 13.8 Å². The molecule has 0 aromatic rings. The highest BCUT2D eigenvalue weighted by Crippen LogP contribution is 2.87. The van der Waals surface area contributed by atoms with Crippen molar-refractivity contribution >= 4 is 17.5 Å². The van der Waals surface area contributed by atoms with Crippen LogP contribution in [0.5, 0.6) is 0 Å². The summed E-state index contributed by atoms with van der Waals surface area (Å²) >= 11 is 0. The van der Waals surface area contributed by atoms with E-state index in [9.17, 15) is 35.4 Å². The standard InChI is InChI=1S/C40H54O12/c1-32(2)9-7-21(42)35-16-51-40(49,27(44)24(32)35)39-20(35)6-5-18(26(39)43)38(30(39)47)12-11-37(38)17-13-19(41)23-34(14-17,29(37)46)31(48)52-22-8-10-33(3,4)25-28(45)50-15-36(22,23)25/h17-28,41-45,49H,5-16H2,1-4H3/t17-,18-,19+,20+,21+,22+,23-,24-,25-,26-,27+,28-,34+,35-,36+,37+,38+,39-,40-/m1/s1. The van der Waals surface area contributed by atoms with E-state index in [4.69, 9.17) is 14.2 Å². The number of rotatable bonds is 0. The number of ketones is 2. The first kappa shape index (κ1) is 33.8. The number of aliphatic hydroxyl groups excluding tert-OH is 5. The fraction of sp³-hybridized carbons (Fsp3) is 0.925. The van der Waals surface area contributed by atoms with Crippen LogP contribution in [0.4, 0.5) is 0 Å². The molecule has 0 radical (unpaired) electrons. The Bertz CT molecular complexity index is 1730. The molecule has 6 N–H and O–H groups in total. The van der Waals surface area contributed by atoms with Gasteiger partial charge >= 0.3 is 5.97 Å². The third-order valence-electron chi connectivity index (χ3n) is 19.5. The van der Waals surface area contributed by atoms with Crippen LogP contribution in [-0.2, 0) is 28.6 Å². The van der Waals surface area contributed by atoms with Crippen molar-refractivity contribution in [3.05, 3.63) is 0 Å². The number of fused-ring (bicyclic) bond motifs is 6. The van der Waals surface area contributed by atoms with Gasteiger partial charge in [-0.15, -0.1) is 0 Å². The molecule has 6 spiro atoms. The largest absolute Gasteiger partial charge is 0.461 e. The average molecular weight is 727 g/mol. The molecule has 0 unspecified atom stereocenters. The molecule has 0 aromatic heterocycles. The van der Waals surface area contributed by atoms with Crippen molar-refractivity contribution in [2.24, 2.45) is 78.8 Å². The zero-order valence-electron chi connectivity index (χ0n) is 30.5. The van der Waals surface area contributed by atoms with Gasteiger partial charge in [0.15, 0.2) is 17.9 Å². The Kier molecular flexibility index (Phi) is 5.98. The predicted molar refractivity (Wildman–Crippen MR) is 176 cm³/mol.